The summed E-state index contributed by atoms with van der Waals surface area (Å²) in [5.41, 5.74) is 0. The van der Waals surface area contributed by atoms with E-state index in [1.54, 1.807) is 6.08 Å². The van der Waals surface area contributed by atoms with Crippen molar-refractivity contribution in [1.82, 2.24) is 0 Å². The van der Waals surface area contributed by atoms with E-state index in [1.165, 1.54) is 103 Å². The molecule has 0 aromatic heterocycles. The lowest BCUT2D eigenvalue weighted by molar-refractivity contribution is -0.152. The van der Waals surface area contributed by atoms with Crippen LogP contribution in [0.25, 0.3) is 0 Å². The zero-order chi connectivity index (χ0) is 37.3. The lowest BCUT2D eigenvalue weighted by Crippen LogP contribution is -2.25. The van der Waals surface area contributed by atoms with Crippen molar-refractivity contribution < 1.29 is 29.3 Å². The Balaban J connectivity index is 3.56. The van der Waals surface area contributed by atoms with Crippen LogP contribution in [0.3, 0.4) is 0 Å². The quantitative estimate of drug-likeness (QED) is 0.0288. The van der Waals surface area contributed by atoms with Crippen LogP contribution in [0.1, 0.15) is 187 Å². The van der Waals surface area contributed by atoms with Crippen molar-refractivity contribution in [3.63, 3.8) is 0 Å². The highest BCUT2D eigenvalue weighted by molar-refractivity contribution is 5.69. The molecule has 6 nitrogen and oxygen atoms in total. The number of hydrogen-bond acceptors (Lipinski definition) is 6. The van der Waals surface area contributed by atoms with Crippen LogP contribution >= 0.6 is 0 Å². The van der Waals surface area contributed by atoms with Gasteiger partial charge in [-0.25, -0.2) is 0 Å². The topological polar surface area (TPSA) is 93.1 Å². The number of ether oxygens (including phenoxy) is 2. The fourth-order valence-electron chi connectivity index (χ4n) is 5.68. The minimum Gasteiger partial charge on any atom is -0.463 e. The Labute approximate surface area is 313 Å². The maximum Gasteiger partial charge on any atom is 0.305 e. The standard InChI is InChI=1S/C45H78O6/c1-3-5-7-9-11-12-13-14-15-16-17-18-19-20-21-22-26-30-34-38-44(48)50-40-43(47)41-51-45(49)39-35-31-27-24-23-25-29-33-37-42(46)36-32-28-10-8-6-4-2/h6,8,24-25,27-29,32-33,37,42-43,46-47H,3-5,7,9-23,26,30-31,34-36,38-41H2,1-2H3/b8-6-,27-24-,29-25-,32-28-,37-33+/t42?,43-/m0/s1. The summed E-state index contributed by atoms with van der Waals surface area (Å²) in [7, 11) is 0. The highest BCUT2D eigenvalue weighted by Gasteiger charge is 2.12. The molecule has 0 aliphatic carbocycles. The minimum absolute atomic E-state index is 0.149. The summed E-state index contributed by atoms with van der Waals surface area (Å²) in [6.45, 7) is 4.07. The first-order chi connectivity index (χ1) is 25.0. The van der Waals surface area contributed by atoms with Gasteiger partial charge in [-0.1, -0.05) is 190 Å². The first kappa shape index (κ1) is 48.6. The summed E-state index contributed by atoms with van der Waals surface area (Å²) >= 11 is 0. The molecule has 0 spiro atoms. The molecule has 6 heteroatoms. The predicted octanol–water partition coefficient (Wildman–Crippen LogP) is 12.1. The molecule has 0 bridgehead atoms. The van der Waals surface area contributed by atoms with Crippen LogP contribution in [0.4, 0.5) is 0 Å². The van der Waals surface area contributed by atoms with Crippen LogP contribution < -0.4 is 0 Å². The summed E-state index contributed by atoms with van der Waals surface area (Å²) in [5, 5.41) is 20.0. The van der Waals surface area contributed by atoms with Crippen LogP contribution in [-0.2, 0) is 19.1 Å². The fraction of sp³-hybridized carbons (Fsp3) is 0.733. The van der Waals surface area contributed by atoms with Crippen LogP contribution in [0.15, 0.2) is 60.8 Å². The number of carbonyl (C=O) groups is 2. The average molecular weight is 715 g/mol. The molecule has 2 N–H and O–H groups in total. The number of hydrogen-bond donors (Lipinski definition) is 2. The Morgan fingerprint density at radius 3 is 1.49 bits per heavy atom. The molecule has 0 fully saturated rings. The van der Waals surface area contributed by atoms with Gasteiger partial charge < -0.3 is 19.7 Å². The van der Waals surface area contributed by atoms with Crippen LogP contribution in [0, 0.1) is 0 Å². The van der Waals surface area contributed by atoms with E-state index in [9.17, 15) is 19.8 Å². The molecule has 51 heavy (non-hydrogen) atoms. The Morgan fingerprint density at radius 1 is 0.510 bits per heavy atom. The first-order valence-corrected chi connectivity index (χ1v) is 20.9. The highest BCUT2D eigenvalue weighted by atomic mass is 16.6. The van der Waals surface area contributed by atoms with E-state index < -0.39 is 12.2 Å². The summed E-state index contributed by atoms with van der Waals surface area (Å²) in [6, 6.07) is 0. The number of rotatable bonds is 37. The Hall–Kier alpha value is -2.44. The van der Waals surface area contributed by atoms with Crippen LogP contribution in [0.5, 0.6) is 0 Å². The van der Waals surface area contributed by atoms with Gasteiger partial charge in [0.2, 0.25) is 0 Å². The van der Waals surface area contributed by atoms with E-state index in [-0.39, 0.29) is 31.6 Å². The van der Waals surface area contributed by atoms with E-state index in [4.69, 9.17) is 9.47 Å². The van der Waals surface area contributed by atoms with E-state index >= 15 is 0 Å². The van der Waals surface area contributed by atoms with Crippen molar-refractivity contribution in [2.75, 3.05) is 13.2 Å². The minimum atomic E-state index is -1.01. The Bertz CT molecular complexity index is 918. The second-order valence-electron chi connectivity index (χ2n) is 13.9. The third-order valence-electron chi connectivity index (χ3n) is 8.85. The number of aliphatic hydroxyl groups excluding tert-OH is 2. The fourth-order valence-corrected chi connectivity index (χ4v) is 5.68. The summed E-state index contributed by atoms with van der Waals surface area (Å²) in [6.07, 6.45) is 48.9. The maximum atomic E-state index is 12.0. The largest absolute Gasteiger partial charge is 0.463 e. The molecular formula is C45H78O6. The normalized spacial score (nSPS) is 13.4. The molecule has 0 heterocycles. The third kappa shape index (κ3) is 40.2. The number of carbonyl (C=O) groups excluding carboxylic acids is 2. The van der Waals surface area contributed by atoms with Gasteiger partial charge >= 0.3 is 11.9 Å². The third-order valence-corrected chi connectivity index (χ3v) is 8.85. The molecule has 0 saturated carbocycles. The molecule has 0 aromatic rings. The lowest BCUT2D eigenvalue weighted by Gasteiger charge is -2.12. The summed E-state index contributed by atoms with van der Waals surface area (Å²) < 4.78 is 10.3. The number of esters is 2. The number of aliphatic hydroxyl groups is 2. The number of unbranched alkanes of at least 4 members (excludes halogenated alkanes) is 19. The second kappa shape index (κ2) is 40.3. The zero-order valence-electron chi connectivity index (χ0n) is 33.0. The Kier molecular flexibility index (Phi) is 38.4. The molecule has 2 atom stereocenters. The van der Waals surface area contributed by atoms with Gasteiger partial charge in [0, 0.05) is 12.8 Å². The smallest absolute Gasteiger partial charge is 0.305 e. The Morgan fingerprint density at radius 2 is 0.961 bits per heavy atom. The molecule has 0 aliphatic heterocycles. The van der Waals surface area contributed by atoms with Crippen molar-refractivity contribution in [2.24, 2.45) is 0 Å². The summed E-state index contributed by atoms with van der Waals surface area (Å²) in [5.74, 6) is -0.666. The maximum absolute atomic E-state index is 12.0. The van der Waals surface area contributed by atoms with Gasteiger partial charge in [0.25, 0.3) is 0 Å². The molecule has 0 aliphatic rings. The van der Waals surface area contributed by atoms with Crippen molar-refractivity contribution >= 4 is 11.9 Å². The highest BCUT2D eigenvalue weighted by Crippen LogP contribution is 2.15. The molecule has 0 rings (SSSR count). The van der Waals surface area contributed by atoms with E-state index in [2.05, 4.69) is 32.1 Å². The molecule has 0 amide bonds. The monoisotopic (exact) mass is 715 g/mol. The first-order valence-electron chi connectivity index (χ1n) is 20.9. The van der Waals surface area contributed by atoms with Gasteiger partial charge in [0.15, 0.2) is 0 Å². The van der Waals surface area contributed by atoms with Gasteiger partial charge in [-0.2, -0.15) is 0 Å². The van der Waals surface area contributed by atoms with Gasteiger partial charge in [-0.05, 0) is 44.9 Å². The van der Waals surface area contributed by atoms with Gasteiger partial charge in [0.05, 0.1) is 6.10 Å². The van der Waals surface area contributed by atoms with E-state index in [0.29, 0.717) is 19.3 Å². The van der Waals surface area contributed by atoms with Crippen molar-refractivity contribution in [2.45, 2.75) is 199 Å². The predicted molar refractivity (Wildman–Crippen MR) is 216 cm³/mol. The molecule has 0 radical (unpaired) electrons. The molecule has 1 unspecified atom stereocenters. The van der Waals surface area contributed by atoms with E-state index in [0.717, 1.165) is 44.9 Å². The van der Waals surface area contributed by atoms with Crippen molar-refractivity contribution in [3.05, 3.63) is 60.8 Å². The van der Waals surface area contributed by atoms with Gasteiger partial charge in [-0.15, -0.1) is 0 Å². The zero-order valence-corrected chi connectivity index (χ0v) is 33.0. The van der Waals surface area contributed by atoms with Crippen LogP contribution in [-0.4, -0.2) is 47.6 Å². The van der Waals surface area contributed by atoms with Crippen LogP contribution in [0.2, 0.25) is 0 Å². The van der Waals surface area contributed by atoms with Crippen molar-refractivity contribution in [3.8, 4) is 0 Å². The molecule has 294 valence electrons. The van der Waals surface area contributed by atoms with Crippen molar-refractivity contribution in [1.29, 1.82) is 0 Å². The molecule has 0 saturated heterocycles. The average Bonchev–Trinajstić information content (AvgIpc) is 3.13. The van der Waals surface area contributed by atoms with E-state index in [1.807, 2.05) is 36.5 Å². The summed E-state index contributed by atoms with van der Waals surface area (Å²) in [4.78, 5) is 24.0. The van der Waals surface area contributed by atoms with Gasteiger partial charge in [0.1, 0.15) is 19.3 Å². The SMILES string of the molecule is CC/C=C\C/C=C\CC(O)/C=C/C=C\C/C=C\CCCC(=O)OC[C@@H](O)COC(=O)CCCCCCCCCCCCCCCCCCCCC. The second-order valence-corrected chi connectivity index (χ2v) is 13.9. The van der Waals surface area contributed by atoms with Gasteiger partial charge in [-0.3, -0.25) is 9.59 Å². The molecule has 0 aromatic carbocycles. The number of allylic oxidation sites excluding steroid dienone is 8. The lowest BCUT2D eigenvalue weighted by atomic mass is 10.0. The molecular weight excluding hydrogens is 636 g/mol.